The molecule has 5 heterocycles. The zero-order valence-electron chi connectivity index (χ0n) is 13.7. The van der Waals surface area contributed by atoms with E-state index < -0.39 is 12.1 Å². The maximum atomic E-state index is 12.4. The monoisotopic (exact) mass is 338 g/mol. The van der Waals surface area contributed by atoms with E-state index in [9.17, 15) is 9.59 Å². The number of nitrogens with one attached hydrogen (secondary N) is 2. The minimum atomic E-state index is -0.589. The smallest absolute Gasteiger partial charge is 0.243 e. The van der Waals surface area contributed by atoms with Crippen molar-refractivity contribution >= 4 is 11.8 Å². The summed E-state index contributed by atoms with van der Waals surface area (Å²) in [6.45, 7) is 0. The third-order valence-electron chi connectivity index (χ3n) is 4.52. The van der Waals surface area contributed by atoms with Crippen LogP contribution in [-0.2, 0) is 22.4 Å². The van der Waals surface area contributed by atoms with Gasteiger partial charge in [-0.1, -0.05) is 18.2 Å². The quantitative estimate of drug-likeness (QED) is 0.827. The van der Waals surface area contributed by atoms with Crippen LogP contribution in [0.5, 0.6) is 17.2 Å². The topological polar surface area (TPSA) is 76.7 Å². The fraction of sp³-hybridized carbons (Fsp3) is 0.263. The maximum absolute atomic E-state index is 12.4. The zero-order chi connectivity index (χ0) is 17.4. The lowest BCUT2D eigenvalue weighted by molar-refractivity contribution is -0.136. The molecule has 5 aliphatic heterocycles. The third-order valence-corrected chi connectivity index (χ3v) is 4.52. The first-order valence-corrected chi connectivity index (χ1v) is 8.17. The Kier molecular flexibility index (Phi) is 3.80. The van der Waals surface area contributed by atoms with Gasteiger partial charge in [0.25, 0.3) is 0 Å². The number of amides is 2. The summed E-state index contributed by atoms with van der Waals surface area (Å²) in [5, 5.41) is 5.66. The van der Waals surface area contributed by atoms with Gasteiger partial charge in [0.05, 0.1) is 7.11 Å². The van der Waals surface area contributed by atoms with Gasteiger partial charge in [-0.15, -0.1) is 0 Å². The molecule has 2 amide bonds. The van der Waals surface area contributed by atoms with E-state index >= 15 is 0 Å². The van der Waals surface area contributed by atoms with E-state index in [1.165, 1.54) is 0 Å². The molecule has 0 aromatic heterocycles. The molecule has 1 saturated heterocycles. The number of ether oxygens (including phenoxy) is 2. The molecule has 7 rings (SSSR count). The summed E-state index contributed by atoms with van der Waals surface area (Å²) >= 11 is 0. The van der Waals surface area contributed by atoms with Crippen molar-refractivity contribution in [1.82, 2.24) is 10.6 Å². The summed E-state index contributed by atoms with van der Waals surface area (Å²) in [6, 6.07) is 11.8. The Morgan fingerprint density at radius 2 is 1.52 bits per heavy atom. The van der Waals surface area contributed by atoms with Gasteiger partial charge in [0.15, 0.2) is 11.5 Å². The first-order chi connectivity index (χ1) is 12.1. The molecular weight excluding hydrogens is 320 g/mol. The van der Waals surface area contributed by atoms with Gasteiger partial charge < -0.3 is 20.1 Å². The predicted octanol–water partition coefficient (Wildman–Crippen LogP) is 1.57. The second-order valence-corrected chi connectivity index (χ2v) is 6.26. The van der Waals surface area contributed by atoms with Crippen LogP contribution in [0.1, 0.15) is 11.1 Å². The number of rotatable bonds is 1. The molecule has 0 spiro atoms. The zero-order valence-corrected chi connectivity index (χ0v) is 13.7. The lowest BCUT2D eigenvalue weighted by Gasteiger charge is -2.30. The van der Waals surface area contributed by atoms with E-state index in [1.807, 2.05) is 36.4 Å². The maximum Gasteiger partial charge on any atom is 0.243 e. The summed E-state index contributed by atoms with van der Waals surface area (Å²) in [7, 11) is 1.58. The van der Waals surface area contributed by atoms with Crippen molar-refractivity contribution in [2.75, 3.05) is 7.11 Å². The second-order valence-electron chi connectivity index (χ2n) is 6.26. The molecule has 5 aliphatic rings. The van der Waals surface area contributed by atoms with Crippen LogP contribution in [0.2, 0.25) is 0 Å². The van der Waals surface area contributed by atoms with Crippen molar-refractivity contribution in [3.8, 4) is 17.2 Å². The van der Waals surface area contributed by atoms with Crippen molar-refractivity contribution in [3.05, 3.63) is 53.6 Å². The van der Waals surface area contributed by atoms with Crippen molar-refractivity contribution in [2.24, 2.45) is 0 Å². The van der Waals surface area contributed by atoms with Crippen molar-refractivity contribution < 1.29 is 19.1 Å². The molecule has 25 heavy (non-hydrogen) atoms. The largest absolute Gasteiger partial charge is 0.493 e. The first kappa shape index (κ1) is 15.5. The van der Waals surface area contributed by atoms with Gasteiger partial charge in [-0.25, -0.2) is 0 Å². The average Bonchev–Trinajstić information content (AvgIpc) is 2.61. The van der Waals surface area contributed by atoms with Gasteiger partial charge in [0.2, 0.25) is 11.8 Å². The molecule has 2 aromatic rings. The van der Waals surface area contributed by atoms with Gasteiger partial charge in [-0.2, -0.15) is 0 Å². The summed E-state index contributed by atoms with van der Waals surface area (Å²) in [5.74, 6) is 1.55. The van der Waals surface area contributed by atoms with Gasteiger partial charge in [0, 0.05) is 12.8 Å². The van der Waals surface area contributed by atoms with E-state index in [0.29, 0.717) is 30.1 Å². The minimum Gasteiger partial charge on any atom is -0.493 e. The normalized spacial score (nSPS) is 21.8. The summed E-state index contributed by atoms with van der Waals surface area (Å²) in [5.41, 5.74) is 1.83. The fourth-order valence-electron chi connectivity index (χ4n) is 3.18. The number of carbonyl (C=O) groups is 2. The van der Waals surface area contributed by atoms with Crippen LogP contribution < -0.4 is 20.1 Å². The van der Waals surface area contributed by atoms with Crippen molar-refractivity contribution in [3.63, 3.8) is 0 Å². The van der Waals surface area contributed by atoms with Crippen molar-refractivity contribution in [1.29, 1.82) is 0 Å². The van der Waals surface area contributed by atoms with E-state index in [-0.39, 0.29) is 11.8 Å². The van der Waals surface area contributed by atoms with Crippen LogP contribution in [0.3, 0.4) is 0 Å². The highest BCUT2D eigenvalue weighted by atomic mass is 16.5. The number of carbonyl (C=O) groups excluding carboxylic acids is 2. The Bertz CT molecular complexity index is 832. The van der Waals surface area contributed by atoms with E-state index in [0.717, 1.165) is 11.1 Å². The number of benzene rings is 2. The van der Waals surface area contributed by atoms with Gasteiger partial charge >= 0.3 is 0 Å². The summed E-state index contributed by atoms with van der Waals surface area (Å²) in [4.78, 5) is 24.7. The highest BCUT2D eigenvalue weighted by Gasteiger charge is 2.33. The van der Waals surface area contributed by atoms with Gasteiger partial charge in [-0.05, 0) is 35.4 Å². The van der Waals surface area contributed by atoms with E-state index in [4.69, 9.17) is 9.47 Å². The molecule has 0 saturated carbocycles. The number of hydrogen-bond donors (Lipinski definition) is 2. The van der Waals surface area contributed by atoms with Crippen LogP contribution in [0.25, 0.3) is 0 Å². The van der Waals surface area contributed by atoms with Crippen molar-refractivity contribution in [2.45, 2.75) is 24.9 Å². The Morgan fingerprint density at radius 3 is 2.16 bits per heavy atom. The summed E-state index contributed by atoms with van der Waals surface area (Å²) < 4.78 is 11.3. The van der Waals surface area contributed by atoms with Crippen LogP contribution in [-0.4, -0.2) is 31.0 Å². The summed E-state index contributed by atoms with van der Waals surface area (Å²) in [6.07, 6.45) is 0.835. The average molecular weight is 338 g/mol. The Hall–Kier alpha value is -3.02. The van der Waals surface area contributed by atoms with Crippen LogP contribution in [0.15, 0.2) is 42.5 Å². The van der Waals surface area contributed by atoms with Crippen LogP contribution in [0, 0.1) is 0 Å². The molecule has 0 radical (unpaired) electrons. The first-order valence-electron chi connectivity index (χ1n) is 8.17. The molecule has 0 aliphatic carbocycles. The molecule has 2 N–H and O–H groups in total. The molecular formula is C19H18N2O4. The van der Waals surface area contributed by atoms with Crippen LogP contribution >= 0.6 is 0 Å². The fourth-order valence-corrected chi connectivity index (χ4v) is 3.18. The van der Waals surface area contributed by atoms with Gasteiger partial charge in [-0.3, -0.25) is 9.59 Å². The molecule has 6 bridgehead atoms. The SMILES string of the molecule is COc1ccc2cc1Oc1ccc(cc1)C[C@@H]1NC(=O)[C@H](C2)NC1=O. The molecule has 0 unspecified atom stereocenters. The standard InChI is InChI=1S/C19H18N2O4/c1-24-16-7-4-12-9-15-19(23)20-14(18(22)21-15)8-11-2-5-13(6-3-11)25-17(16)10-12/h2-7,10,14-15H,8-9H2,1H3,(H,20,23)(H,21,22)/t14-,15-/m0/s1. The van der Waals surface area contributed by atoms with E-state index in [2.05, 4.69) is 10.6 Å². The van der Waals surface area contributed by atoms with Crippen LogP contribution in [0.4, 0.5) is 0 Å². The molecule has 128 valence electrons. The van der Waals surface area contributed by atoms with Gasteiger partial charge in [0.1, 0.15) is 17.8 Å². The number of piperazine rings is 1. The molecule has 2 aromatic carbocycles. The van der Waals surface area contributed by atoms with E-state index in [1.54, 1.807) is 13.2 Å². The second kappa shape index (κ2) is 6.12. The molecule has 2 atom stereocenters. The third kappa shape index (κ3) is 3.03. The molecule has 1 fully saturated rings. The minimum absolute atomic E-state index is 0.157. The molecule has 6 nitrogen and oxygen atoms in total. The Labute approximate surface area is 145 Å². The highest BCUT2D eigenvalue weighted by molar-refractivity contribution is 5.97. The Balaban J connectivity index is 1.79. The number of hydrogen-bond acceptors (Lipinski definition) is 4. The molecule has 6 heteroatoms. The lowest BCUT2D eigenvalue weighted by atomic mass is 9.98. The Morgan fingerprint density at radius 1 is 0.920 bits per heavy atom. The predicted molar refractivity (Wildman–Crippen MR) is 90.8 cm³/mol. The lowest BCUT2D eigenvalue weighted by Crippen LogP contribution is -2.62. The highest BCUT2D eigenvalue weighted by Crippen LogP contribution is 2.33. The number of methoxy groups -OCH3 is 1.